The van der Waals surface area contributed by atoms with E-state index in [0.29, 0.717) is 25.1 Å². The van der Waals surface area contributed by atoms with Crippen molar-refractivity contribution in [3.05, 3.63) is 30.1 Å². The monoisotopic (exact) mass is 263 g/mol. The molecule has 0 fully saturated rings. The van der Waals surface area contributed by atoms with Gasteiger partial charge in [-0.1, -0.05) is 19.8 Å². The number of nitrogens with zero attached hydrogens (tertiary/aromatic N) is 1. The van der Waals surface area contributed by atoms with E-state index in [9.17, 15) is 9.59 Å². The van der Waals surface area contributed by atoms with Crippen molar-refractivity contribution >= 4 is 11.8 Å². The molecule has 0 radical (unpaired) electrons. The molecule has 0 aliphatic heterocycles. The zero-order chi connectivity index (χ0) is 13.9. The highest BCUT2D eigenvalue weighted by molar-refractivity contribution is 5.93. The average Bonchev–Trinajstić information content (AvgIpc) is 2.44. The quantitative estimate of drug-likeness (QED) is 0.698. The first-order valence-electron chi connectivity index (χ1n) is 6.69. The Hall–Kier alpha value is -1.91. The highest BCUT2D eigenvalue weighted by atomic mass is 16.2. The van der Waals surface area contributed by atoms with Crippen LogP contribution in [0, 0.1) is 0 Å². The minimum absolute atomic E-state index is 0.0454. The lowest BCUT2D eigenvalue weighted by molar-refractivity contribution is -0.121. The second-order valence-corrected chi connectivity index (χ2v) is 4.30. The summed E-state index contributed by atoms with van der Waals surface area (Å²) in [6.07, 6.45) is 6.79. The second-order valence-electron chi connectivity index (χ2n) is 4.30. The van der Waals surface area contributed by atoms with Crippen LogP contribution in [0.4, 0.5) is 0 Å². The summed E-state index contributed by atoms with van der Waals surface area (Å²) in [6, 6.07) is 3.41. The van der Waals surface area contributed by atoms with Gasteiger partial charge in [-0.3, -0.25) is 14.6 Å². The zero-order valence-corrected chi connectivity index (χ0v) is 11.3. The first-order valence-corrected chi connectivity index (χ1v) is 6.69. The lowest BCUT2D eigenvalue weighted by atomic mass is 10.2. The van der Waals surface area contributed by atoms with Crippen molar-refractivity contribution < 1.29 is 9.59 Å². The fourth-order valence-corrected chi connectivity index (χ4v) is 1.60. The van der Waals surface area contributed by atoms with Crippen LogP contribution in [0.15, 0.2) is 24.5 Å². The fraction of sp³-hybridized carbons (Fsp3) is 0.500. The van der Waals surface area contributed by atoms with Gasteiger partial charge in [0.2, 0.25) is 5.91 Å². The first-order chi connectivity index (χ1) is 9.24. The second kappa shape index (κ2) is 9.08. The van der Waals surface area contributed by atoms with Gasteiger partial charge in [0, 0.05) is 31.9 Å². The molecule has 19 heavy (non-hydrogen) atoms. The highest BCUT2D eigenvalue weighted by Crippen LogP contribution is 1.98. The van der Waals surface area contributed by atoms with Gasteiger partial charge in [0.1, 0.15) is 0 Å². The van der Waals surface area contributed by atoms with Crippen LogP contribution >= 0.6 is 0 Å². The van der Waals surface area contributed by atoms with Crippen LogP contribution in [-0.4, -0.2) is 29.9 Å². The molecule has 5 nitrogen and oxygen atoms in total. The molecule has 1 heterocycles. The topological polar surface area (TPSA) is 71.1 Å². The van der Waals surface area contributed by atoms with Gasteiger partial charge >= 0.3 is 0 Å². The molecule has 0 bridgehead atoms. The Bertz CT molecular complexity index is 393. The summed E-state index contributed by atoms with van der Waals surface area (Å²) in [5.74, 6) is -0.127. The summed E-state index contributed by atoms with van der Waals surface area (Å²) < 4.78 is 0. The summed E-state index contributed by atoms with van der Waals surface area (Å²) in [5, 5.41) is 5.51. The van der Waals surface area contributed by atoms with Crippen molar-refractivity contribution in [1.82, 2.24) is 15.6 Å². The van der Waals surface area contributed by atoms with E-state index in [0.717, 1.165) is 19.3 Å². The third-order valence-corrected chi connectivity index (χ3v) is 2.66. The Kier molecular flexibility index (Phi) is 7.24. The van der Waals surface area contributed by atoms with E-state index in [2.05, 4.69) is 22.5 Å². The Labute approximate surface area is 113 Å². The lowest BCUT2D eigenvalue weighted by Gasteiger charge is -2.06. The number of amides is 2. The van der Waals surface area contributed by atoms with Crippen molar-refractivity contribution in [2.24, 2.45) is 0 Å². The highest BCUT2D eigenvalue weighted by Gasteiger charge is 2.04. The van der Waals surface area contributed by atoms with Gasteiger partial charge < -0.3 is 10.6 Å². The lowest BCUT2D eigenvalue weighted by Crippen LogP contribution is -2.34. The predicted molar refractivity (Wildman–Crippen MR) is 73.7 cm³/mol. The van der Waals surface area contributed by atoms with Gasteiger partial charge in [0.25, 0.3) is 5.91 Å². The summed E-state index contributed by atoms with van der Waals surface area (Å²) in [6.45, 7) is 2.98. The van der Waals surface area contributed by atoms with E-state index >= 15 is 0 Å². The third-order valence-electron chi connectivity index (χ3n) is 2.66. The molecule has 2 amide bonds. The maximum absolute atomic E-state index is 11.6. The molecule has 0 saturated heterocycles. The van der Waals surface area contributed by atoms with Gasteiger partial charge in [-0.05, 0) is 18.6 Å². The molecule has 1 aromatic heterocycles. The van der Waals surface area contributed by atoms with Gasteiger partial charge in [0.05, 0.1) is 5.56 Å². The predicted octanol–water partition coefficient (Wildman–Crippen LogP) is 1.51. The summed E-state index contributed by atoms with van der Waals surface area (Å²) in [5.41, 5.74) is 0.525. The molecule has 1 aromatic rings. The van der Waals surface area contributed by atoms with Crippen LogP contribution in [0.1, 0.15) is 43.0 Å². The molecule has 0 spiro atoms. The van der Waals surface area contributed by atoms with Crippen LogP contribution in [0.3, 0.4) is 0 Å². The Balaban J connectivity index is 2.11. The molecule has 2 N–H and O–H groups in total. The fourth-order valence-electron chi connectivity index (χ4n) is 1.60. The van der Waals surface area contributed by atoms with Crippen molar-refractivity contribution in [3.63, 3.8) is 0 Å². The zero-order valence-electron chi connectivity index (χ0n) is 11.3. The largest absolute Gasteiger partial charge is 0.354 e. The Morgan fingerprint density at radius 2 is 2.00 bits per heavy atom. The minimum Gasteiger partial charge on any atom is -0.354 e. The molecule has 0 aliphatic carbocycles. The molecule has 0 atom stereocenters. The van der Waals surface area contributed by atoms with Gasteiger partial charge in [-0.15, -0.1) is 0 Å². The molecule has 0 unspecified atom stereocenters. The normalized spacial score (nSPS) is 9.95. The third kappa shape index (κ3) is 6.55. The minimum atomic E-state index is -0.173. The molecular weight excluding hydrogens is 242 g/mol. The summed E-state index contributed by atoms with van der Waals surface area (Å²) in [7, 11) is 0. The molecule has 0 saturated carbocycles. The van der Waals surface area contributed by atoms with Crippen LogP contribution in [0.25, 0.3) is 0 Å². The van der Waals surface area contributed by atoms with Gasteiger partial charge in [0.15, 0.2) is 0 Å². The van der Waals surface area contributed by atoms with Crippen LogP contribution in [0.5, 0.6) is 0 Å². The number of carbonyl (C=O) groups is 2. The van der Waals surface area contributed by atoms with E-state index in [1.165, 1.54) is 6.20 Å². The number of aromatic nitrogens is 1. The number of pyridine rings is 1. The van der Waals surface area contributed by atoms with Crippen molar-refractivity contribution in [3.8, 4) is 0 Å². The number of carbonyl (C=O) groups excluding carboxylic acids is 2. The van der Waals surface area contributed by atoms with E-state index < -0.39 is 0 Å². The average molecular weight is 263 g/mol. The van der Waals surface area contributed by atoms with E-state index in [4.69, 9.17) is 0 Å². The molecule has 0 aromatic carbocycles. The molecular formula is C14H21N3O2. The van der Waals surface area contributed by atoms with Gasteiger partial charge in [-0.2, -0.15) is 0 Å². The van der Waals surface area contributed by atoms with E-state index in [1.54, 1.807) is 18.3 Å². The molecule has 1 rings (SSSR count). The number of hydrogen-bond donors (Lipinski definition) is 2. The van der Waals surface area contributed by atoms with Gasteiger partial charge in [-0.25, -0.2) is 0 Å². The van der Waals surface area contributed by atoms with Crippen LogP contribution in [0.2, 0.25) is 0 Å². The molecule has 104 valence electrons. The maximum Gasteiger partial charge on any atom is 0.252 e. The first kappa shape index (κ1) is 15.1. The van der Waals surface area contributed by atoms with E-state index in [1.807, 2.05) is 0 Å². The van der Waals surface area contributed by atoms with Crippen LogP contribution < -0.4 is 10.6 Å². The number of hydrogen-bond acceptors (Lipinski definition) is 3. The van der Waals surface area contributed by atoms with Crippen molar-refractivity contribution in [2.45, 2.75) is 32.6 Å². The summed E-state index contributed by atoms with van der Waals surface area (Å²) >= 11 is 0. The van der Waals surface area contributed by atoms with E-state index in [-0.39, 0.29) is 11.8 Å². The Morgan fingerprint density at radius 1 is 1.21 bits per heavy atom. The molecule has 5 heteroatoms. The number of unbranched alkanes of at least 4 members (excludes halogenated alkanes) is 2. The SMILES string of the molecule is CCCCCC(=O)NCCNC(=O)c1cccnc1. The smallest absolute Gasteiger partial charge is 0.252 e. The van der Waals surface area contributed by atoms with Crippen LogP contribution in [-0.2, 0) is 4.79 Å². The van der Waals surface area contributed by atoms with Crippen molar-refractivity contribution in [2.75, 3.05) is 13.1 Å². The number of rotatable bonds is 8. The Morgan fingerprint density at radius 3 is 2.68 bits per heavy atom. The summed E-state index contributed by atoms with van der Waals surface area (Å²) in [4.78, 5) is 26.9. The molecule has 0 aliphatic rings. The van der Waals surface area contributed by atoms with Crippen molar-refractivity contribution in [1.29, 1.82) is 0 Å². The number of nitrogens with one attached hydrogen (secondary N) is 2. The standard InChI is InChI=1S/C14H21N3O2/c1-2-3-4-7-13(18)16-9-10-17-14(19)12-6-5-8-15-11-12/h5-6,8,11H,2-4,7,9-10H2,1H3,(H,16,18)(H,17,19). The maximum atomic E-state index is 11.6.